The zero-order valence-electron chi connectivity index (χ0n) is 17.0. The van der Waals surface area contributed by atoms with Crippen LogP contribution < -0.4 is 5.32 Å². The van der Waals surface area contributed by atoms with E-state index < -0.39 is 14.9 Å². The smallest absolute Gasteiger partial charge is 0.293 e. The lowest BCUT2D eigenvalue weighted by Gasteiger charge is -2.25. The van der Waals surface area contributed by atoms with Gasteiger partial charge in [0.05, 0.1) is 15.3 Å². The molecule has 1 fully saturated rings. The standard InChI is InChI=1S/C22H24N4O4S/c27-26(28)21-16-19(31(29,30)25-14-2-1-3-15-25)9-10-20(21)23-13-11-18-7-4-6-17-8-5-12-24-22(17)18/h4-10,12,16,23H,1-3,11,13-15H2. The summed E-state index contributed by atoms with van der Waals surface area (Å²) >= 11 is 0. The van der Waals surface area contributed by atoms with E-state index in [1.54, 1.807) is 6.20 Å². The Morgan fingerprint density at radius 3 is 2.61 bits per heavy atom. The summed E-state index contributed by atoms with van der Waals surface area (Å²) in [6.07, 6.45) is 4.99. The second-order valence-corrected chi connectivity index (χ2v) is 9.51. The SMILES string of the molecule is O=[N+]([O-])c1cc(S(=O)(=O)N2CCCCC2)ccc1NCCc1cccc2cccnc12. The maximum atomic E-state index is 12.9. The summed E-state index contributed by atoms with van der Waals surface area (Å²) < 4.78 is 27.2. The lowest BCUT2D eigenvalue weighted by Crippen LogP contribution is -2.35. The summed E-state index contributed by atoms with van der Waals surface area (Å²) in [6.45, 7) is 1.36. The van der Waals surface area contributed by atoms with Crippen molar-refractivity contribution in [3.63, 3.8) is 0 Å². The van der Waals surface area contributed by atoms with E-state index >= 15 is 0 Å². The molecule has 1 saturated heterocycles. The van der Waals surface area contributed by atoms with Crippen molar-refractivity contribution in [1.29, 1.82) is 0 Å². The van der Waals surface area contributed by atoms with Crippen LogP contribution in [-0.2, 0) is 16.4 Å². The van der Waals surface area contributed by atoms with Gasteiger partial charge in [-0.2, -0.15) is 4.31 Å². The lowest BCUT2D eigenvalue weighted by molar-refractivity contribution is -0.384. The zero-order chi connectivity index (χ0) is 21.8. The van der Waals surface area contributed by atoms with Crippen molar-refractivity contribution in [2.45, 2.75) is 30.6 Å². The summed E-state index contributed by atoms with van der Waals surface area (Å²) in [5, 5.41) is 15.8. The molecule has 8 nitrogen and oxygen atoms in total. The quantitative estimate of drug-likeness (QED) is 0.440. The number of sulfonamides is 1. The number of anilines is 1. The minimum Gasteiger partial charge on any atom is -0.379 e. The highest BCUT2D eigenvalue weighted by molar-refractivity contribution is 7.89. The monoisotopic (exact) mass is 440 g/mol. The number of nitrogens with one attached hydrogen (secondary N) is 1. The molecule has 0 amide bonds. The lowest BCUT2D eigenvalue weighted by atomic mass is 10.1. The summed E-state index contributed by atoms with van der Waals surface area (Å²) in [5.41, 5.74) is 2.01. The van der Waals surface area contributed by atoms with E-state index in [9.17, 15) is 18.5 Å². The number of nitro benzene ring substituents is 1. The molecule has 9 heteroatoms. The number of pyridine rings is 1. The Morgan fingerprint density at radius 2 is 1.84 bits per heavy atom. The third kappa shape index (κ3) is 4.52. The van der Waals surface area contributed by atoms with Crippen LogP contribution in [0.3, 0.4) is 0 Å². The van der Waals surface area contributed by atoms with Crippen molar-refractivity contribution in [2.24, 2.45) is 0 Å². The van der Waals surface area contributed by atoms with Crippen LogP contribution in [-0.4, -0.2) is 42.3 Å². The van der Waals surface area contributed by atoms with Crippen molar-refractivity contribution >= 4 is 32.3 Å². The van der Waals surface area contributed by atoms with Crippen LogP contribution >= 0.6 is 0 Å². The number of rotatable bonds is 7. The van der Waals surface area contributed by atoms with Crippen molar-refractivity contribution in [3.8, 4) is 0 Å². The van der Waals surface area contributed by atoms with Crippen LogP contribution in [0.1, 0.15) is 24.8 Å². The van der Waals surface area contributed by atoms with E-state index in [1.165, 1.54) is 16.4 Å². The van der Waals surface area contributed by atoms with E-state index in [-0.39, 0.29) is 10.6 Å². The fourth-order valence-corrected chi connectivity index (χ4v) is 5.47. The number of piperidine rings is 1. The Labute approximate surface area is 181 Å². The Bertz CT molecular complexity index is 1200. The zero-order valence-corrected chi connectivity index (χ0v) is 17.8. The minimum atomic E-state index is -3.73. The van der Waals surface area contributed by atoms with Gasteiger partial charge in [-0.05, 0) is 43.0 Å². The summed E-state index contributed by atoms with van der Waals surface area (Å²) in [4.78, 5) is 15.5. The Hall–Kier alpha value is -3.04. The van der Waals surface area contributed by atoms with E-state index in [4.69, 9.17) is 0 Å². The molecule has 4 rings (SSSR count). The van der Waals surface area contributed by atoms with Gasteiger partial charge in [0.15, 0.2) is 0 Å². The van der Waals surface area contributed by atoms with Crippen molar-refractivity contribution in [2.75, 3.05) is 25.0 Å². The Kier molecular flexibility index (Phi) is 6.15. The fourth-order valence-electron chi connectivity index (χ4n) is 3.93. The molecule has 0 radical (unpaired) electrons. The van der Waals surface area contributed by atoms with Crippen LogP contribution in [0.5, 0.6) is 0 Å². The van der Waals surface area contributed by atoms with Gasteiger partial charge in [0.1, 0.15) is 5.69 Å². The number of hydrogen-bond acceptors (Lipinski definition) is 6. The molecule has 1 aromatic heterocycles. The first-order chi connectivity index (χ1) is 15.0. The van der Waals surface area contributed by atoms with Gasteiger partial charge in [0, 0.05) is 37.3 Å². The molecule has 162 valence electrons. The Morgan fingerprint density at radius 1 is 1.06 bits per heavy atom. The highest BCUT2D eigenvalue weighted by atomic mass is 32.2. The molecule has 1 N–H and O–H groups in total. The van der Waals surface area contributed by atoms with Crippen LogP contribution in [0, 0.1) is 10.1 Å². The van der Waals surface area contributed by atoms with E-state index in [0.29, 0.717) is 31.7 Å². The van der Waals surface area contributed by atoms with Gasteiger partial charge in [-0.3, -0.25) is 15.1 Å². The first-order valence-electron chi connectivity index (χ1n) is 10.3. The average molecular weight is 441 g/mol. The second-order valence-electron chi connectivity index (χ2n) is 7.57. The number of nitro groups is 1. The topological polar surface area (TPSA) is 105 Å². The molecule has 0 atom stereocenters. The second kappa shape index (κ2) is 8.99. The normalized spacial score (nSPS) is 15.1. The van der Waals surface area contributed by atoms with E-state index in [2.05, 4.69) is 10.3 Å². The van der Waals surface area contributed by atoms with Gasteiger partial charge in [-0.15, -0.1) is 0 Å². The van der Waals surface area contributed by atoms with Gasteiger partial charge >= 0.3 is 0 Å². The number of aromatic nitrogens is 1. The summed E-state index contributed by atoms with van der Waals surface area (Å²) in [5.74, 6) is 0. The molecular formula is C22H24N4O4S. The molecule has 3 aromatic rings. The number of benzene rings is 2. The molecule has 0 aliphatic carbocycles. The highest BCUT2D eigenvalue weighted by Gasteiger charge is 2.28. The average Bonchev–Trinajstić information content (AvgIpc) is 2.80. The molecule has 0 spiro atoms. The third-order valence-electron chi connectivity index (χ3n) is 5.54. The summed E-state index contributed by atoms with van der Waals surface area (Å²) in [7, 11) is -3.73. The van der Waals surface area contributed by atoms with Crippen LogP contribution in [0.15, 0.2) is 59.6 Å². The van der Waals surface area contributed by atoms with Gasteiger partial charge in [-0.25, -0.2) is 8.42 Å². The van der Waals surface area contributed by atoms with Crippen LogP contribution in [0.25, 0.3) is 10.9 Å². The molecule has 1 aliphatic rings. The fraction of sp³-hybridized carbons (Fsp3) is 0.318. The number of fused-ring (bicyclic) bond motifs is 1. The number of nitrogens with zero attached hydrogens (tertiary/aromatic N) is 3. The predicted octanol–water partition coefficient (Wildman–Crippen LogP) is 3.97. The molecular weight excluding hydrogens is 416 g/mol. The molecule has 31 heavy (non-hydrogen) atoms. The molecule has 2 aromatic carbocycles. The van der Waals surface area contributed by atoms with E-state index in [1.807, 2.05) is 30.3 Å². The number of hydrogen-bond donors (Lipinski definition) is 1. The first kappa shape index (κ1) is 21.2. The van der Waals surface area contributed by atoms with Crippen molar-refractivity contribution < 1.29 is 13.3 Å². The number of para-hydroxylation sites is 1. The van der Waals surface area contributed by atoms with Gasteiger partial charge in [0.2, 0.25) is 10.0 Å². The van der Waals surface area contributed by atoms with Gasteiger partial charge in [-0.1, -0.05) is 30.7 Å². The molecule has 1 aliphatic heterocycles. The van der Waals surface area contributed by atoms with Crippen molar-refractivity contribution in [1.82, 2.24) is 9.29 Å². The third-order valence-corrected chi connectivity index (χ3v) is 7.44. The maximum absolute atomic E-state index is 12.9. The highest BCUT2D eigenvalue weighted by Crippen LogP contribution is 2.30. The molecule has 0 saturated carbocycles. The minimum absolute atomic E-state index is 0.0371. The van der Waals surface area contributed by atoms with Crippen LogP contribution in [0.2, 0.25) is 0 Å². The molecule has 0 bridgehead atoms. The molecule has 0 unspecified atom stereocenters. The maximum Gasteiger partial charge on any atom is 0.293 e. The van der Waals surface area contributed by atoms with Crippen LogP contribution in [0.4, 0.5) is 11.4 Å². The predicted molar refractivity (Wildman–Crippen MR) is 120 cm³/mol. The molecule has 2 heterocycles. The summed E-state index contributed by atoms with van der Waals surface area (Å²) in [6, 6.07) is 13.9. The van der Waals surface area contributed by atoms with Gasteiger partial charge < -0.3 is 5.32 Å². The van der Waals surface area contributed by atoms with E-state index in [0.717, 1.165) is 41.8 Å². The first-order valence-corrected chi connectivity index (χ1v) is 11.8. The van der Waals surface area contributed by atoms with Crippen molar-refractivity contribution in [3.05, 3.63) is 70.4 Å². The van der Waals surface area contributed by atoms with Gasteiger partial charge in [0.25, 0.3) is 5.69 Å². The Balaban J connectivity index is 1.52. The largest absolute Gasteiger partial charge is 0.379 e.